The van der Waals surface area contributed by atoms with Gasteiger partial charge in [0.25, 0.3) is 0 Å². The Morgan fingerprint density at radius 2 is 2.09 bits per heavy atom. The SMILES string of the molecule is C/C=C/[C@H]1CC[C@H](NC(=O)Cc2ccc(O)c(OC)c2)CC1. The van der Waals surface area contributed by atoms with Crippen LogP contribution >= 0.6 is 0 Å². The number of carbonyl (C=O) groups excluding carboxylic acids is 1. The monoisotopic (exact) mass is 303 g/mol. The van der Waals surface area contributed by atoms with E-state index < -0.39 is 0 Å². The fraction of sp³-hybridized carbons (Fsp3) is 0.500. The highest BCUT2D eigenvalue weighted by atomic mass is 16.5. The predicted octanol–water partition coefficient (Wildman–Crippen LogP) is 3.19. The highest BCUT2D eigenvalue weighted by molar-refractivity contribution is 5.79. The first-order valence-corrected chi connectivity index (χ1v) is 7.90. The number of carbonyl (C=O) groups is 1. The molecular weight excluding hydrogens is 278 g/mol. The second-order valence-corrected chi connectivity index (χ2v) is 5.89. The molecule has 0 heterocycles. The van der Waals surface area contributed by atoms with Gasteiger partial charge in [-0.15, -0.1) is 0 Å². The minimum absolute atomic E-state index is 0.0298. The van der Waals surface area contributed by atoms with Crippen molar-refractivity contribution in [3.05, 3.63) is 35.9 Å². The molecule has 120 valence electrons. The number of rotatable bonds is 5. The van der Waals surface area contributed by atoms with E-state index in [1.54, 1.807) is 18.2 Å². The summed E-state index contributed by atoms with van der Waals surface area (Å²) < 4.78 is 5.06. The number of aromatic hydroxyl groups is 1. The maximum atomic E-state index is 12.1. The number of nitrogens with one attached hydrogen (secondary N) is 1. The van der Waals surface area contributed by atoms with Gasteiger partial charge in [0.15, 0.2) is 11.5 Å². The van der Waals surface area contributed by atoms with Crippen molar-refractivity contribution >= 4 is 5.91 Å². The summed E-state index contributed by atoms with van der Waals surface area (Å²) in [4.78, 5) is 12.1. The predicted molar refractivity (Wildman–Crippen MR) is 87.1 cm³/mol. The van der Waals surface area contributed by atoms with E-state index in [1.165, 1.54) is 7.11 Å². The second kappa shape index (κ2) is 7.87. The molecule has 4 heteroatoms. The lowest BCUT2D eigenvalue weighted by molar-refractivity contribution is -0.121. The van der Waals surface area contributed by atoms with Gasteiger partial charge in [-0.1, -0.05) is 18.2 Å². The Morgan fingerprint density at radius 1 is 1.36 bits per heavy atom. The van der Waals surface area contributed by atoms with Crippen molar-refractivity contribution in [2.24, 2.45) is 5.92 Å². The van der Waals surface area contributed by atoms with Crippen molar-refractivity contribution in [2.45, 2.75) is 45.1 Å². The van der Waals surface area contributed by atoms with E-state index >= 15 is 0 Å². The molecule has 4 nitrogen and oxygen atoms in total. The van der Waals surface area contributed by atoms with Crippen LogP contribution in [0.25, 0.3) is 0 Å². The van der Waals surface area contributed by atoms with Gasteiger partial charge in [-0.25, -0.2) is 0 Å². The molecule has 0 aromatic heterocycles. The minimum Gasteiger partial charge on any atom is -0.504 e. The topological polar surface area (TPSA) is 58.6 Å². The zero-order valence-corrected chi connectivity index (χ0v) is 13.3. The van der Waals surface area contributed by atoms with Gasteiger partial charge >= 0.3 is 0 Å². The first-order valence-electron chi connectivity index (χ1n) is 7.90. The molecule has 1 fully saturated rings. The maximum absolute atomic E-state index is 12.1. The number of benzene rings is 1. The Hall–Kier alpha value is -1.97. The van der Waals surface area contributed by atoms with Gasteiger partial charge in [-0.2, -0.15) is 0 Å². The Kier molecular flexibility index (Phi) is 5.87. The van der Waals surface area contributed by atoms with Crippen LogP contribution in [0.1, 0.15) is 38.2 Å². The molecule has 1 saturated carbocycles. The molecule has 0 spiro atoms. The number of hydrogen-bond donors (Lipinski definition) is 2. The fourth-order valence-corrected chi connectivity index (χ4v) is 3.02. The van der Waals surface area contributed by atoms with Crippen LogP contribution in [0.5, 0.6) is 11.5 Å². The van der Waals surface area contributed by atoms with Crippen LogP contribution in [0, 0.1) is 5.92 Å². The summed E-state index contributed by atoms with van der Waals surface area (Å²) in [6.45, 7) is 2.06. The van der Waals surface area contributed by atoms with Crippen molar-refractivity contribution in [1.29, 1.82) is 0 Å². The molecule has 0 bridgehead atoms. The lowest BCUT2D eigenvalue weighted by atomic mass is 9.86. The lowest BCUT2D eigenvalue weighted by Crippen LogP contribution is -2.38. The molecule has 2 N–H and O–H groups in total. The van der Waals surface area contributed by atoms with E-state index in [0.29, 0.717) is 18.1 Å². The minimum atomic E-state index is 0.0298. The highest BCUT2D eigenvalue weighted by Crippen LogP contribution is 2.27. The normalized spacial score (nSPS) is 21.7. The van der Waals surface area contributed by atoms with Gasteiger partial charge in [0, 0.05) is 6.04 Å². The van der Waals surface area contributed by atoms with Crippen molar-refractivity contribution in [2.75, 3.05) is 7.11 Å². The highest BCUT2D eigenvalue weighted by Gasteiger charge is 2.20. The number of phenolic OH excluding ortho intramolecular Hbond substituents is 1. The molecule has 0 unspecified atom stereocenters. The van der Waals surface area contributed by atoms with E-state index in [4.69, 9.17) is 4.74 Å². The van der Waals surface area contributed by atoms with Gasteiger partial charge in [-0.05, 0) is 56.2 Å². The summed E-state index contributed by atoms with van der Waals surface area (Å²) in [5.74, 6) is 1.19. The van der Waals surface area contributed by atoms with Crippen LogP contribution in [0.4, 0.5) is 0 Å². The Labute approximate surface area is 132 Å². The Morgan fingerprint density at radius 3 is 2.73 bits per heavy atom. The number of hydrogen-bond acceptors (Lipinski definition) is 3. The average Bonchev–Trinajstić information content (AvgIpc) is 2.51. The second-order valence-electron chi connectivity index (χ2n) is 5.89. The van der Waals surface area contributed by atoms with Crippen molar-refractivity contribution in [1.82, 2.24) is 5.32 Å². The molecule has 0 atom stereocenters. The number of allylic oxidation sites excluding steroid dienone is 2. The summed E-state index contributed by atoms with van der Waals surface area (Å²) in [5, 5.41) is 12.7. The van der Waals surface area contributed by atoms with E-state index in [1.807, 2.05) is 0 Å². The zero-order valence-electron chi connectivity index (χ0n) is 13.3. The lowest BCUT2D eigenvalue weighted by Gasteiger charge is -2.27. The molecule has 1 aliphatic carbocycles. The largest absolute Gasteiger partial charge is 0.504 e. The average molecular weight is 303 g/mol. The standard InChI is InChI=1S/C18H25NO3/c1-3-4-13-5-8-15(9-6-13)19-18(21)12-14-7-10-16(20)17(11-14)22-2/h3-4,7,10-11,13,15,20H,5-6,8-9,12H2,1-2H3,(H,19,21)/b4-3+/t13-,15-. The quantitative estimate of drug-likeness (QED) is 0.821. The van der Waals surface area contributed by atoms with Gasteiger partial charge in [0.05, 0.1) is 13.5 Å². The van der Waals surface area contributed by atoms with Crippen molar-refractivity contribution in [3.63, 3.8) is 0 Å². The fourth-order valence-electron chi connectivity index (χ4n) is 3.02. The van der Waals surface area contributed by atoms with Gasteiger partial charge in [0.2, 0.25) is 5.91 Å². The first kappa shape index (κ1) is 16.4. The van der Waals surface area contributed by atoms with Crippen LogP contribution in [-0.2, 0) is 11.2 Å². The van der Waals surface area contributed by atoms with Crippen LogP contribution in [0.15, 0.2) is 30.4 Å². The smallest absolute Gasteiger partial charge is 0.224 e. The van der Waals surface area contributed by atoms with Crippen LogP contribution < -0.4 is 10.1 Å². The maximum Gasteiger partial charge on any atom is 0.224 e. The summed E-state index contributed by atoms with van der Waals surface area (Å²) in [5.41, 5.74) is 0.842. The molecule has 1 aliphatic rings. The van der Waals surface area contributed by atoms with Gasteiger partial charge in [-0.3, -0.25) is 4.79 Å². The van der Waals surface area contributed by atoms with Crippen molar-refractivity contribution in [3.8, 4) is 11.5 Å². The Bertz CT molecular complexity index is 531. The van der Waals surface area contributed by atoms with Crippen LogP contribution in [0.3, 0.4) is 0 Å². The van der Waals surface area contributed by atoms with Crippen molar-refractivity contribution < 1.29 is 14.6 Å². The summed E-state index contributed by atoms with van der Waals surface area (Å²) >= 11 is 0. The summed E-state index contributed by atoms with van der Waals surface area (Å²) in [7, 11) is 1.50. The molecule has 0 radical (unpaired) electrons. The van der Waals surface area contributed by atoms with Gasteiger partial charge < -0.3 is 15.2 Å². The van der Waals surface area contributed by atoms with Crippen LogP contribution in [0.2, 0.25) is 0 Å². The first-order chi connectivity index (χ1) is 10.6. The zero-order chi connectivity index (χ0) is 15.9. The number of phenols is 1. The molecule has 1 aromatic carbocycles. The molecular formula is C18H25NO3. The molecule has 0 aliphatic heterocycles. The van der Waals surface area contributed by atoms with E-state index in [9.17, 15) is 9.90 Å². The van der Waals surface area contributed by atoms with Crippen LogP contribution in [-0.4, -0.2) is 24.2 Å². The van der Waals surface area contributed by atoms with E-state index in [2.05, 4.69) is 24.4 Å². The number of methoxy groups -OCH3 is 1. The van der Waals surface area contributed by atoms with E-state index in [-0.39, 0.29) is 17.7 Å². The third-order valence-corrected chi connectivity index (χ3v) is 4.21. The Balaban J connectivity index is 1.83. The van der Waals surface area contributed by atoms with E-state index in [0.717, 1.165) is 31.2 Å². The number of ether oxygens (including phenoxy) is 1. The number of amides is 1. The third kappa shape index (κ3) is 4.52. The van der Waals surface area contributed by atoms with Gasteiger partial charge in [0.1, 0.15) is 0 Å². The molecule has 0 saturated heterocycles. The summed E-state index contributed by atoms with van der Waals surface area (Å²) in [6.07, 6.45) is 9.05. The summed E-state index contributed by atoms with van der Waals surface area (Å²) in [6, 6.07) is 5.30. The molecule has 1 aromatic rings. The molecule has 1 amide bonds. The molecule has 2 rings (SSSR count). The third-order valence-electron chi connectivity index (χ3n) is 4.21. The molecule has 22 heavy (non-hydrogen) atoms.